The fourth-order valence-corrected chi connectivity index (χ4v) is 3.67. The van der Waals surface area contributed by atoms with Crippen molar-refractivity contribution in [1.29, 1.82) is 0 Å². The van der Waals surface area contributed by atoms with E-state index in [4.69, 9.17) is 9.47 Å². The van der Waals surface area contributed by atoms with E-state index in [1.54, 1.807) is 12.1 Å². The zero-order valence-electron chi connectivity index (χ0n) is 18.4. The number of aromatic amines is 2. The van der Waals surface area contributed by atoms with Gasteiger partial charge in [-0.05, 0) is 45.2 Å². The summed E-state index contributed by atoms with van der Waals surface area (Å²) in [6, 6.07) is 10.7. The quantitative estimate of drug-likeness (QED) is 0.521. The molecule has 1 aliphatic heterocycles. The number of carbonyl (C=O) groups excluding carboxylic acids is 1. The van der Waals surface area contributed by atoms with Gasteiger partial charge in [-0.2, -0.15) is 5.10 Å². The zero-order valence-corrected chi connectivity index (χ0v) is 18.4. The summed E-state index contributed by atoms with van der Waals surface area (Å²) in [5, 5.41) is 9.95. The Morgan fingerprint density at radius 2 is 1.97 bits per heavy atom. The Kier molecular flexibility index (Phi) is 6.27. The van der Waals surface area contributed by atoms with Gasteiger partial charge in [-0.25, -0.2) is 0 Å². The van der Waals surface area contributed by atoms with E-state index in [2.05, 4.69) is 25.4 Å². The van der Waals surface area contributed by atoms with Gasteiger partial charge < -0.3 is 19.8 Å². The van der Waals surface area contributed by atoms with Gasteiger partial charge in [0, 0.05) is 30.0 Å². The maximum atomic E-state index is 12.5. The predicted molar refractivity (Wildman–Crippen MR) is 119 cm³/mol. The summed E-state index contributed by atoms with van der Waals surface area (Å²) in [5.41, 5.74) is 3.51. The third-order valence-corrected chi connectivity index (χ3v) is 5.42. The smallest absolute Gasteiger partial charge is 0.261 e. The lowest BCUT2D eigenvalue weighted by Crippen LogP contribution is -2.42. The van der Waals surface area contributed by atoms with Crippen molar-refractivity contribution < 1.29 is 14.3 Å². The van der Waals surface area contributed by atoms with E-state index in [1.165, 1.54) is 0 Å². The monoisotopic (exact) mass is 437 g/mol. The van der Waals surface area contributed by atoms with Crippen LogP contribution in [0.4, 0.5) is 0 Å². The topological polar surface area (TPSA) is 112 Å². The standard InChI is InChI=1S/C23H27N5O4/c1-14-19(15(2)27-26-14)12-28(3)11-16-8-9-18(23(30)25-16)22(29)24-10-17-13-31-20-6-4-5-7-21(20)32-17/h4-9,17H,10-13H2,1-3H3,(H,24,29)(H,25,30)(H,26,27). The van der Waals surface area contributed by atoms with Crippen molar-refractivity contribution in [3.63, 3.8) is 0 Å². The molecule has 0 radical (unpaired) electrons. The second kappa shape index (κ2) is 9.27. The van der Waals surface area contributed by atoms with E-state index in [0.717, 1.165) is 22.6 Å². The molecule has 0 fully saturated rings. The van der Waals surface area contributed by atoms with Crippen LogP contribution < -0.4 is 20.3 Å². The lowest BCUT2D eigenvalue weighted by Gasteiger charge is -2.26. The van der Waals surface area contributed by atoms with Gasteiger partial charge in [0.2, 0.25) is 0 Å². The molecule has 4 rings (SSSR count). The fourth-order valence-electron chi connectivity index (χ4n) is 3.67. The van der Waals surface area contributed by atoms with E-state index in [1.807, 2.05) is 45.2 Å². The third kappa shape index (κ3) is 4.83. The molecular weight excluding hydrogens is 410 g/mol. The van der Waals surface area contributed by atoms with Crippen LogP contribution in [0.2, 0.25) is 0 Å². The minimum atomic E-state index is -0.446. The maximum absolute atomic E-state index is 12.5. The molecule has 0 aliphatic carbocycles. The van der Waals surface area contributed by atoms with Gasteiger partial charge in [0.05, 0.1) is 12.2 Å². The van der Waals surface area contributed by atoms with Gasteiger partial charge in [-0.1, -0.05) is 12.1 Å². The van der Waals surface area contributed by atoms with Gasteiger partial charge in [-0.15, -0.1) is 0 Å². The molecule has 9 nitrogen and oxygen atoms in total. The molecular formula is C23H27N5O4. The summed E-state index contributed by atoms with van der Waals surface area (Å²) in [4.78, 5) is 29.9. The maximum Gasteiger partial charge on any atom is 0.261 e. The molecule has 0 bridgehead atoms. The lowest BCUT2D eigenvalue weighted by molar-refractivity contribution is 0.0788. The number of hydrogen-bond acceptors (Lipinski definition) is 6. The summed E-state index contributed by atoms with van der Waals surface area (Å²) < 4.78 is 11.5. The van der Waals surface area contributed by atoms with Crippen LogP contribution in [0.5, 0.6) is 11.5 Å². The number of carbonyl (C=O) groups is 1. The Morgan fingerprint density at radius 3 is 2.69 bits per heavy atom. The Morgan fingerprint density at radius 1 is 1.19 bits per heavy atom. The largest absolute Gasteiger partial charge is 0.486 e. The van der Waals surface area contributed by atoms with E-state index in [0.29, 0.717) is 31.2 Å². The number of nitrogens with one attached hydrogen (secondary N) is 3. The Balaban J connectivity index is 1.32. The first-order chi connectivity index (χ1) is 15.4. The second-order valence-corrected chi connectivity index (χ2v) is 8.02. The summed E-state index contributed by atoms with van der Waals surface area (Å²) >= 11 is 0. The number of hydrogen-bond donors (Lipinski definition) is 3. The van der Waals surface area contributed by atoms with E-state index in [9.17, 15) is 9.59 Å². The number of pyridine rings is 1. The normalized spacial score (nSPS) is 15.1. The van der Waals surface area contributed by atoms with Crippen molar-refractivity contribution in [3.8, 4) is 11.5 Å². The summed E-state index contributed by atoms with van der Waals surface area (Å²) in [6.07, 6.45) is -0.323. The number of para-hydroxylation sites is 2. The van der Waals surface area contributed by atoms with Crippen LogP contribution in [0.1, 0.15) is 33.0 Å². The molecule has 1 atom stereocenters. The van der Waals surface area contributed by atoms with E-state index >= 15 is 0 Å². The number of nitrogens with zero attached hydrogens (tertiary/aromatic N) is 2. The van der Waals surface area contributed by atoms with Crippen molar-refractivity contribution in [3.05, 3.63) is 75.0 Å². The number of amides is 1. The molecule has 168 valence electrons. The van der Waals surface area contributed by atoms with E-state index < -0.39 is 11.5 Å². The van der Waals surface area contributed by atoms with Gasteiger partial charge in [0.15, 0.2) is 11.5 Å². The molecule has 3 N–H and O–H groups in total. The molecule has 3 heterocycles. The van der Waals surface area contributed by atoms with Crippen LogP contribution in [-0.2, 0) is 13.1 Å². The first-order valence-corrected chi connectivity index (χ1v) is 10.5. The average molecular weight is 438 g/mol. The first-order valence-electron chi connectivity index (χ1n) is 10.5. The molecule has 0 saturated heterocycles. The minimum Gasteiger partial charge on any atom is -0.486 e. The average Bonchev–Trinajstić information content (AvgIpc) is 3.09. The SMILES string of the molecule is Cc1n[nH]c(C)c1CN(C)Cc1ccc(C(=O)NCC2COc3ccccc3O2)c(=O)[nH]1. The second-order valence-electron chi connectivity index (χ2n) is 8.02. The molecule has 0 spiro atoms. The highest BCUT2D eigenvalue weighted by Crippen LogP contribution is 2.30. The van der Waals surface area contributed by atoms with Crippen LogP contribution in [0, 0.1) is 13.8 Å². The van der Waals surface area contributed by atoms with Crippen LogP contribution in [0.25, 0.3) is 0 Å². The van der Waals surface area contributed by atoms with Crippen LogP contribution in [-0.4, -0.2) is 52.3 Å². The van der Waals surface area contributed by atoms with Crippen LogP contribution in [0.15, 0.2) is 41.2 Å². The summed E-state index contributed by atoms with van der Waals surface area (Å²) in [5.74, 6) is 0.883. The number of rotatable bonds is 7. The Labute approximate surface area is 185 Å². The third-order valence-electron chi connectivity index (χ3n) is 5.42. The van der Waals surface area contributed by atoms with Crippen LogP contribution in [0.3, 0.4) is 0 Å². The highest BCUT2D eigenvalue weighted by atomic mass is 16.6. The molecule has 32 heavy (non-hydrogen) atoms. The number of ether oxygens (including phenoxy) is 2. The van der Waals surface area contributed by atoms with Crippen molar-refractivity contribution in [1.82, 2.24) is 25.4 Å². The minimum absolute atomic E-state index is 0.0649. The molecule has 9 heteroatoms. The molecule has 3 aromatic rings. The molecule has 0 saturated carbocycles. The van der Waals surface area contributed by atoms with Crippen molar-refractivity contribution >= 4 is 5.91 Å². The van der Waals surface area contributed by atoms with Crippen molar-refractivity contribution in [2.45, 2.75) is 33.0 Å². The first kappa shape index (κ1) is 21.6. The molecule has 2 aromatic heterocycles. The Bertz CT molecular complexity index is 1150. The van der Waals surface area contributed by atoms with Gasteiger partial charge in [0.25, 0.3) is 11.5 Å². The van der Waals surface area contributed by atoms with Gasteiger partial charge >= 0.3 is 0 Å². The van der Waals surface area contributed by atoms with Crippen molar-refractivity contribution in [2.75, 3.05) is 20.2 Å². The zero-order chi connectivity index (χ0) is 22.7. The fraction of sp³-hybridized carbons (Fsp3) is 0.348. The number of aromatic nitrogens is 3. The molecule has 1 amide bonds. The number of benzene rings is 1. The van der Waals surface area contributed by atoms with Crippen LogP contribution >= 0.6 is 0 Å². The van der Waals surface area contributed by atoms with Gasteiger partial charge in [0.1, 0.15) is 18.3 Å². The molecule has 1 aromatic carbocycles. The number of aryl methyl sites for hydroxylation is 2. The van der Waals surface area contributed by atoms with E-state index in [-0.39, 0.29) is 18.2 Å². The highest BCUT2D eigenvalue weighted by Gasteiger charge is 2.22. The highest BCUT2D eigenvalue weighted by molar-refractivity contribution is 5.93. The Hall–Kier alpha value is -3.59. The summed E-state index contributed by atoms with van der Waals surface area (Å²) in [6.45, 7) is 5.75. The molecule has 1 unspecified atom stereocenters. The van der Waals surface area contributed by atoms with Gasteiger partial charge in [-0.3, -0.25) is 19.6 Å². The predicted octanol–water partition coefficient (Wildman–Crippen LogP) is 1.92. The van der Waals surface area contributed by atoms with Crippen molar-refractivity contribution in [2.24, 2.45) is 0 Å². The lowest BCUT2D eigenvalue weighted by atomic mass is 10.2. The number of H-pyrrole nitrogens is 2. The number of fused-ring (bicyclic) bond motifs is 1. The molecule has 1 aliphatic rings. The summed E-state index contributed by atoms with van der Waals surface area (Å²) in [7, 11) is 1.97.